The van der Waals surface area contributed by atoms with Gasteiger partial charge in [-0.3, -0.25) is 9.79 Å². The fraction of sp³-hybridized carbons (Fsp3) is 0.231. The molecule has 3 aromatic carbocycles. The monoisotopic (exact) mass is 448 g/mol. The zero-order valence-electron chi connectivity index (χ0n) is 18.3. The van der Waals surface area contributed by atoms with Crippen LogP contribution in [0, 0.1) is 0 Å². The topological polar surface area (TPSA) is 51.1 Å². The Morgan fingerprint density at radius 1 is 0.969 bits per heavy atom. The molecule has 1 heterocycles. The minimum atomic E-state index is -0.616. The van der Waals surface area contributed by atoms with Gasteiger partial charge in [-0.1, -0.05) is 60.1 Å². The number of halogens is 1. The molecule has 4 rings (SSSR count). The Hall–Kier alpha value is -3.31. The molecule has 0 N–H and O–H groups in total. The van der Waals surface area contributed by atoms with Crippen molar-refractivity contribution in [3.05, 3.63) is 88.4 Å². The third-order valence-corrected chi connectivity index (χ3v) is 5.99. The first-order valence-corrected chi connectivity index (χ1v) is 10.9. The van der Waals surface area contributed by atoms with Crippen molar-refractivity contribution in [2.24, 2.45) is 4.99 Å². The number of hydrogen-bond donors (Lipinski definition) is 0. The number of benzene rings is 3. The Kier molecular flexibility index (Phi) is 6.47. The second-order valence-electron chi connectivity index (χ2n) is 7.46. The van der Waals surface area contributed by atoms with E-state index in [2.05, 4.69) is 0 Å². The average Bonchev–Trinajstić information content (AvgIpc) is 2.94. The molecule has 32 heavy (non-hydrogen) atoms. The summed E-state index contributed by atoms with van der Waals surface area (Å²) in [6.07, 6.45) is 0.410. The van der Waals surface area contributed by atoms with Crippen LogP contribution < -0.4 is 14.4 Å². The molecule has 0 saturated carbocycles. The number of amides is 1. The Morgan fingerprint density at radius 3 is 2.28 bits per heavy atom. The molecule has 0 aromatic heterocycles. The standard InChI is InChI=1S/C26H25ClN2O3/c1-4-29-22-16-24(32-3)23(31-2)15-19(22)25(17-10-6-5-7-11-17)28-21(26(29)30)14-18-12-8-9-13-20(18)27/h5-13,15-16,21H,4,14H2,1-3H3. The lowest BCUT2D eigenvalue weighted by atomic mass is 9.99. The van der Waals surface area contributed by atoms with Crippen molar-refractivity contribution in [1.82, 2.24) is 0 Å². The summed E-state index contributed by atoms with van der Waals surface area (Å²) >= 11 is 6.42. The Labute approximate surface area is 193 Å². The van der Waals surface area contributed by atoms with E-state index in [0.717, 1.165) is 28.1 Å². The van der Waals surface area contributed by atoms with Gasteiger partial charge in [0.2, 0.25) is 0 Å². The average molecular weight is 449 g/mol. The molecule has 164 valence electrons. The molecule has 6 heteroatoms. The van der Waals surface area contributed by atoms with Crippen molar-refractivity contribution in [2.75, 3.05) is 25.7 Å². The Balaban J connectivity index is 1.94. The van der Waals surface area contributed by atoms with Crippen LogP contribution in [0.15, 0.2) is 71.7 Å². The van der Waals surface area contributed by atoms with Gasteiger partial charge in [0.25, 0.3) is 5.91 Å². The van der Waals surface area contributed by atoms with Gasteiger partial charge in [0, 0.05) is 35.2 Å². The Bertz CT molecular complexity index is 1160. The minimum Gasteiger partial charge on any atom is -0.493 e. The van der Waals surface area contributed by atoms with Gasteiger partial charge < -0.3 is 14.4 Å². The number of aliphatic imine (C=N–C) groups is 1. The van der Waals surface area contributed by atoms with Crippen LogP contribution >= 0.6 is 11.6 Å². The number of nitrogens with zero attached hydrogens (tertiary/aromatic N) is 2. The summed E-state index contributed by atoms with van der Waals surface area (Å²) < 4.78 is 11.1. The van der Waals surface area contributed by atoms with E-state index in [1.807, 2.05) is 73.7 Å². The number of likely N-dealkylation sites (N-methyl/N-ethyl adjacent to an activating group) is 1. The summed E-state index contributed by atoms with van der Waals surface area (Å²) in [5, 5.41) is 0.630. The molecule has 0 saturated heterocycles. The van der Waals surface area contributed by atoms with Crippen molar-refractivity contribution in [3.63, 3.8) is 0 Å². The van der Waals surface area contributed by atoms with Crippen LogP contribution in [0.2, 0.25) is 5.02 Å². The van der Waals surface area contributed by atoms with Gasteiger partial charge in [-0.15, -0.1) is 0 Å². The smallest absolute Gasteiger partial charge is 0.252 e. The first-order chi connectivity index (χ1) is 15.6. The number of rotatable bonds is 6. The molecule has 1 aliphatic heterocycles. The van der Waals surface area contributed by atoms with E-state index < -0.39 is 6.04 Å². The highest BCUT2D eigenvalue weighted by Gasteiger charge is 2.33. The first-order valence-electron chi connectivity index (χ1n) is 10.5. The number of benzodiazepines with no additional fused rings is 1. The fourth-order valence-corrected chi connectivity index (χ4v) is 4.23. The van der Waals surface area contributed by atoms with E-state index in [4.69, 9.17) is 26.1 Å². The van der Waals surface area contributed by atoms with Gasteiger partial charge in [-0.2, -0.15) is 0 Å². The van der Waals surface area contributed by atoms with Crippen molar-refractivity contribution >= 4 is 28.9 Å². The highest BCUT2D eigenvalue weighted by atomic mass is 35.5. The largest absolute Gasteiger partial charge is 0.493 e. The molecule has 1 unspecified atom stereocenters. The zero-order chi connectivity index (χ0) is 22.7. The molecule has 0 bridgehead atoms. The van der Waals surface area contributed by atoms with Crippen molar-refractivity contribution < 1.29 is 14.3 Å². The number of ether oxygens (including phenoxy) is 2. The molecular formula is C26H25ClN2O3. The maximum atomic E-state index is 13.7. The van der Waals surface area contributed by atoms with E-state index in [1.54, 1.807) is 19.1 Å². The normalized spacial score (nSPS) is 15.6. The lowest BCUT2D eigenvalue weighted by Gasteiger charge is -2.25. The third kappa shape index (κ3) is 4.08. The molecule has 1 amide bonds. The quantitative estimate of drug-likeness (QED) is 0.522. The minimum absolute atomic E-state index is 0.0770. The molecule has 0 spiro atoms. The molecule has 1 atom stereocenters. The van der Waals surface area contributed by atoms with Crippen molar-refractivity contribution in [2.45, 2.75) is 19.4 Å². The highest BCUT2D eigenvalue weighted by molar-refractivity contribution is 6.31. The van der Waals surface area contributed by atoms with Crippen LogP contribution in [0.3, 0.4) is 0 Å². The maximum Gasteiger partial charge on any atom is 0.252 e. The molecule has 1 aliphatic rings. The van der Waals surface area contributed by atoms with Gasteiger partial charge >= 0.3 is 0 Å². The van der Waals surface area contributed by atoms with Gasteiger partial charge in [-0.25, -0.2) is 0 Å². The lowest BCUT2D eigenvalue weighted by molar-refractivity contribution is -0.119. The molecule has 3 aromatic rings. The zero-order valence-corrected chi connectivity index (χ0v) is 19.1. The molecule has 0 fully saturated rings. The molecular weight excluding hydrogens is 424 g/mol. The van der Waals surface area contributed by atoms with Crippen LogP contribution in [0.5, 0.6) is 11.5 Å². The summed E-state index contributed by atoms with van der Waals surface area (Å²) in [5.41, 5.74) is 4.13. The van der Waals surface area contributed by atoms with Gasteiger partial charge in [0.15, 0.2) is 11.5 Å². The summed E-state index contributed by atoms with van der Waals surface area (Å²) in [6.45, 7) is 2.45. The summed E-state index contributed by atoms with van der Waals surface area (Å²) in [4.78, 5) is 20.5. The maximum absolute atomic E-state index is 13.7. The van der Waals surface area contributed by atoms with Crippen molar-refractivity contribution in [1.29, 1.82) is 0 Å². The van der Waals surface area contributed by atoms with E-state index in [1.165, 1.54) is 0 Å². The van der Waals surface area contributed by atoms with Crippen LogP contribution in [0.25, 0.3) is 0 Å². The second kappa shape index (κ2) is 9.45. The third-order valence-electron chi connectivity index (χ3n) is 5.62. The van der Waals surface area contributed by atoms with E-state index in [9.17, 15) is 4.79 Å². The second-order valence-corrected chi connectivity index (χ2v) is 7.87. The number of methoxy groups -OCH3 is 2. The summed E-state index contributed by atoms with van der Waals surface area (Å²) in [6, 6.07) is 20.6. The predicted octanol–water partition coefficient (Wildman–Crippen LogP) is 5.17. The van der Waals surface area contributed by atoms with E-state index in [-0.39, 0.29) is 5.91 Å². The lowest BCUT2D eigenvalue weighted by Crippen LogP contribution is -2.38. The van der Waals surface area contributed by atoms with Gasteiger partial charge in [-0.05, 0) is 24.6 Å². The Morgan fingerprint density at radius 2 is 1.62 bits per heavy atom. The first kappa shape index (κ1) is 21.9. The molecule has 0 aliphatic carbocycles. The number of fused-ring (bicyclic) bond motifs is 1. The van der Waals surface area contributed by atoms with Gasteiger partial charge in [0.1, 0.15) is 6.04 Å². The number of carbonyl (C=O) groups is 1. The van der Waals surface area contributed by atoms with E-state index >= 15 is 0 Å². The van der Waals surface area contributed by atoms with Crippen LogP contribution in [0.1, 0.15) is 23.6 Å². The highest BCUT2D eigenvalue weighted by Crippen LogP contribution is 2.38. The number of carbonyl (C=O) groups excluding carboxylic acids is 1. The van der Waals surface area contributed by atoms with Crippen LogP contribution in [-0.2, 0) is 11.2 Å². The number of anilines is 1. The van der Waals surface area contributed by atoms with Crippen LogP contribution in [-0.4, -0.2) is 38.4 Å². The summed E-state index contributed by atoms with van der Waals surface area (Å²) in [7, 11) is 3.19. The van der Waals surface area contributed by atoms with Crippen molar-refractivity contribution in [3.8, 4) is 11.5 Å². The fourth-order valence-electron chi connectivity index (χ4n) is 4.02. The van der Waals surface area contributed by atoms with Gasteiger partial charge in [0.05, 0.1) is 25.6 Å². The number of hydrogen-bond acceptors (Lipinski definition) is 4. The molecule has 0 radical (unpaired) electrons. The molecule has 5 nitrogen and oxygen atoms in total. The predicted molar refractivity (Wildman–Crippen MR) is 129 cm³/mol. The van der Waals surface area contributed by atoms with E-state index in [0.29, 0.717) is 29.5 Å². The summed E-state index contributed by atoms with van der Waals surface area (Å²) in [5.74, 6) is 1.07. The van der Waals surface area contributed by atoms with Crippen LogP contribution in [0.4, 0.5) is 5.69 Å². The SMILES string of the molecule is CCN1C(=O)C(Cc2ccccc2Cl)N=C(c2ccccc2)c2cc(OC)c(OC)cc21.